The van der Waals surface area contributed by atoms with Gasteiger partial charge >= 0.3 is 0 Å². The minimum Gasteiger partial charge on any atom is -0.369 e. The lowest BCUT2D eigenvalue weighted by atomic mass is 10.8. The minimum absolute atomic E-state index is 0.447. The second kappa shape index (κ2) is 2.12. The van der Waals surface area contributed by atoms with Gasteiger partial charge in [-0.15, -0.1) is 0 Å². The molecule has 0 aliphatic carbocycles. The summed E-state index contributed by atoms with van der Waals surface area (Å²) in [6.07, 6.45) is 0. The Labute approximate surface area is 46.2 Å². The molecule has 0 heterocycles. The maximum atomic E-state index is 6.59. The van der Waals surface area contributed by atoms with E-state index >= 15 is 0 Å². The summed E-state index contributed by atoms with van der Waals surface area (Å²) in [6, 6.07) is 0. The first-order valence-corrected chi connectivity index (χ1v) is 1.78. The first kappa shape index (κ1) is 6.70. The molecular formula is C2H8N6. The summed E-state index contributed by atoms with van der Waals surface area (Å²) < 4.78 is 0. The van der Waals surface area contributed by atoms with Crippen LogP contribution in [0.3, 0.4) is 0 Å². The molecule has 0 spiro atoms. The van der Waals surface area contributed by atoms with Crippen LogP contribution in [0.2, 0.25) is 0 Å². The smallest absolute Gasteiger partial charge is 0.210 e. The molecule has 8 N–H and O–H groups in total. The van der Waals surface area contributed by atoms with Gasteiger partial charge in [-0.1, -0.05) is 0 Å². The number of hydrazine groups is 1. The van der Waals surface area contributed by atoms with Crippen molar-refractivity contribution in [1.82, 2.24) is 5.01 Å². The highest BCUT2D eigenvalue weighted by atomic mass is 15.5. The molecule has 0 rings (SSSR count). The molecule has 8 heavy (non-hydrogen) atoms. The largest absolute Gasteiger partial charge is 0.369 e. The Morgan fingerprint density at radius 1 is 1.12 bits per heavy atom. The van der Waals surface area contributed by atoms with Crippen LogP contribution in [-0.4, -0.2) is 16.9 Å². The van der Waals surface area contributed by atoms with E-state index in [1.165, 1.54) is 0 Å². The Balaban J connectivity index is 3.83. The maximum absolute atomic E-state index is 6.59. The number of hydrogen-bond acceptors (Lipinski definition) is 3. The van der Waals surface area contributed by atoms with Crippen molar-refractivity contribution in [2.75, 3.05) is 0 Å². The summed E-state index contributed by atoms with van der Waals surface area (Å²) >= 11 is 0. The van der Waals surface area contributed by atoms with Gasteiger partial charge in [0.2, 0.25) is 11.9 Å². The first-order chi connectivity index (χ1) is 3.55. The molecule has 0 unspecified atom stereocenters. The standard InChI is InChI=1S/C2H8N6/c3-1(4)8(7)2(5)6/h7H2,(H3,3,4)(H3,5,6). The minimum atomic E-state index is -0.447. The molecule has 6 nitrogen and oxygen atoms in total. The number of guanidine groups is 2. The molecule has 0 aliphatic rings. The van der Waals surface area contributed by atoms with E-state index in [9.17, 15) is 0 Å². The van der Waals surface area contributed by atoms with Crippen molar-refractivity contribution in [3.8, 4) is 0 Å². The van der Waals surface area contributed by atoms with Crippen LogP contribution in [0.15, 0.2) is 0 Å². The Bertz CT molecular complexity index is 102. The molecule has 0 atom stereocenters. The van der Waals surface area contributed by atoms with Crippen molar-refractivity contribution in [2.45, 2.75) is 0 Å². The van der Waals surface area contributed by atoms with Crippen molar-refractivity contribution in [1.29, 1.82) is 10.8 Å². The fraction of sp³-hybridized carbons (Fsp3) is 0. The van der Waals surface area contributed by atoms with Gasteiger partial charge < -0.3 is 11.5 Å². The van der Waals surface area contributed by atoms with Crippen LogP contribution in [0.25, 0.3) is 0 Å². The SMILES string of the molecule is N=C(N)N(N)C(=N)N. The van der Waals surface area contributed by atoms with E-state index in [4.69, 9.17) is 28.1 Å². The summed E-state index contributed by atoms with van der Waals surface area (Å²) in [5, 5.41) is 13.7. The number of nitrogens with two attached hydrogens (primary N) is 3. The summed E-state index contributed by atoms with van der Waals surface area (Å²) in [5.74, 6) is 4.00. The van der Waals surface area contributed by atoms with Crippen LogP contribution in [0.5, 0.6) is 0 Å². The van der Waals surface area contributed by atoms with Crippen LogP contribution >= 0.6 is 0 Å². The van der Waals surface area contributed by atoms with Crippen LogP contribution in [0.4, 0.5) is 0 Å². The molecule has 0 saturated heterocycles. The Hall–Kier alpha value is -1.30. The molecule has 0 saturated carbocycles. The molecular weight excluding hydrogens is 108 g/mol. The number of nitrogens with one attached hydrogen (secondary N) is 2. The number of nitrogens with zero attached hydrogens (tertiary/aromatic N) is 1. The van der Waals surface area contributed by atoms with Gasteiger partial charge in [0, 0.05) is 0 Å². The lowest BCUT2D eigenvalue weighted by Gasteiger charge is -2.11. The van der Waals surface area contributed by atoms with Gasteiger partial charge in [0.25, 0.3) is 0 Å². The number of rotatable bonds is 0. The van der Waals surface area contributed by atoms with Crippen LogP contribution < -0.4 is 17.3 Å². The fourth-order valence-corrected chi connectivity index (χ4v) is 0.130. The van der Waals surface area contributed by atoms with Crippen LogP contribution in [-0.2, 0) is 0 Å². The Morgan fingerprint density at radius 2 is 1.38 bits per heavy atom. The zero-order valence-corrected chi connectivity index (χ0v) is 4.18. The van der Waals surface area contributed by atoms with Gasteiger partial charge in [-0.3, -0.25) is 10.8 Å². The topological polar surface area (TPSA) is 129 Å². The first-order valence-electron chi connectivity index (χ1n) is 1.78. The zero-order chi connectivity index (χ0) is 6.73. The molecule has 46 valence electrons. The molecule has 0 radical (unpaired) electrons. The lowest BCUT2D eigenvalue weighted by molar-refractivity contribution is 0.627. The molecule has 6 heteroatoms. The molecule has 0 aromatic carbocycles. The van der Waals surface area contributed by atoms with Crippen molar-refractivity contribution < 1.29 is 0 Å². The van der Waals surface area contributed by atoms with E-state index in [-0.39, 0.29) is 0 Å². The van der Waals surface area contributed by atoms with Crippen molar-refractivity contribution in [3.05, 3.63) is 0 Å². The van der Waals surface area contributed by atoms with E-state index < -0.39 is 11.9 Å². The number of hydrogen-bond donors (Lipinski definition) is 5. The normalized spacial score (nSPS) is 8.12. The highest BCUT2D eigenvalue weighted by Gasteiger charge is 1.99. The van der Waals surface area contributed by atoms with Gasteiger partial charge in [-0.2, -0.15) is 0 Å². The average Bonchev–Trinajstić information content (AvgIpc) is 1.64. The molecule has 0 amide bonds. The molecule has 0 aromatic heterocycles. The summed E-state index contributed by atoms with van der Waals surface area (Å²) in [4.78, 5) is 0. The highest BCUT2D eigenvalue weighted by molar-refractivity contribution is 5.93. The predicted molar refractivity (Wildman–Crippen MR) is 29.9 cm³/mol. The predicted octanol–water partition coefficient (Wildman–Crippen LogP) is -2.05. The van der Waals surface area contributed by atoms with Gasteiger partial charge in [0.1, 0.15) is 0 Å². The van der Waals surface area contributed by atoms with Gasteiger partial charge in [-0.05, 0) is 0 Å². The van der Waals surface area contributed by atoms with Crippen LogP contribution in [0, 0.1) is 10.8 Å². The van der Waals surface area contributed by atoms with Crippen LogP contribution in [0.1, 0.15) is 0 Å². The Kier molecular flexibility index (Phi) is 1.78. The van der Waals surface area contributed by atoms with E-state index in [0.29, 0.717) is 5.01 Å². The van der Waals surface area contributed by atoms with Crippen molar-refractivity contribution in [2.24, 2.45) is 17.3 Å². The van der Waals surface area contributed by atoms with Crippen molar-refractivity contribution >= 4 is 11.9 Å². The third kappa shape index (κ3) is 1.43. The Morgan fingerprint density at radius 3 is 1.38 bits per heavy atom. The fourth-order valence-electron chi connectivity index (χ4n) is 0.130. The second-order valence-corrected chi connectivity index (χ2v) is 1.14. The van der Waals surface area contributed by atoms with Gasteiger partial charge in [0.05, 0.1) is 0 Å². The monoisotopic (exact) mass is 116 g/mol. The van der Waals surface area contributed by atoms with E-state index in [1.807, 2.05) is 0 Å². The second-order valence-electron chi connectivity index (χ2n) is 1.14. The maximum Gasteiger partial charge on any atom is 0.210 e. The molecule has 0 bridgehead atoms. The zero-order valence-electron chi connectivity index (χ0n) is 4.18. The molecule has 0 aliphatic heterocycles. The van der Waals surface area contributed by atoms with E-state index in [0.717, 1.165) is 0 Å². The third-order valence-electron chi connectivity index (χ3n) is 0.519. The summed E-state index contributed by atoms with van der Waals surface area (Å²) in [5.41, 5.74) is 9.60. The third-order valence-corrected chi connectivity index (χ3v) is 0.519. The quantitative estimate of drug-likeness (QED) is 0.108. The lowest BCUT2D eigenvalue weighted by Crippen LogP contribution is -2.49. The van der Waals surface area contributed by atoms with E-state index in [2.05, 4.69) is 0 Å². The summed E-state index contributed by atoms with van der Waals surface area (Å²) in [7, 11) is 0. The van der Waals surface area contributed by atoms with Gasteiger partial charge in [-0.25, -0.2) is 10.9 Å². The van der Waals surface area contributed by atoms with Gasteiger partial charge in [0.15, 0.2) is 0 Å². The molecule has 0 fully saturated rings. The molecule has 0 aromatic rings. The summed E-state index contributed by atoms with van der Waals surface area (Å²) in [6.45, 7) is 0. The van der Waals surface area contributed by atoms with Crippen molar-refractivity contribution in [3.63, 3.8) is 0 Å². The highest BCUT2D eigenvalue weighted by Crippen LogP contribution is 1.66. The van der Waals surface area contributed by atoms with E-state index in [1.54, 1.807) is 0 Å². The average molecular weight is 116 g/mol.